The summed E-state index contributed by atoms with van der Waals surface area (Å²) in [6, 6.07) is -0.0916. The number of carboxylic acids is 1. The molecule has 0 aromatic carbocycles. The van der Waals surface area contributed by atoms with Crippen molar-refractivity contribution >= 4 is 21.9 Å². The van der Waals surface area contributed by atoms with E-state index in [9.17, 15) is 18.0 Å². The summed E-state index contributed by atoms with van der Waals surface area (Å²) in [5.74, 6) is -1.98. The molecule has 2 N–H and O–H groups in total. The highest BCUT2D eigenvalue weighted by atomic mass is 32.2. The van der Waals surface area contributed by atoms with Crippen LogP contribution < -0.4 is 4.72 Å². The summed E-state index contributed by atoms with van der Waals surface area (Å²) in [5, 5.41) is 9.16. The summed E-state index contributed by atoms with van der Waals surface area (Å²) in [7, 11) is -3.69. The van der Waals surface area contributed by atoms with Crippen LogP contribution in [-0.2, 0) is 19.6 Å². The number of aliphatic carboxylic acids is 1. The third-order valence-corrected chi connectivity index (χ3v) is 6.36. The van der Waals surface area contributed by atoms with Crippen molar-refractivity contribution in [2.75, 3.05) is 18.8 Å². The van der Waals surface area contributed by atoms with E-state index >= 15 is 0 Å². The smallest absolute Gasteiger partial charge is 0.308 e. The molecule has 1 aliphatic carbocycles. The molecular formula is C16H28N2O5S. The van der Waals surface area contributed by atoms with Crippen LogP contribution in [0, 0.1) is 17.8 Å². The maximum absolute atomic E-state index is 12.3. The maximum Gasteiger partial charge on any atom is 0.308 e. The number of amides is 1. The van der Waals surface area contributed by atoms with Crippen LogP contribution in [0.2, 0.25) is 0 Å². The molecule has 1 saturated heterocycles. The lowest BCUT2D eigenvalue weighted by Crippen LogP contribution is -2.49. The van der Waals surface area contributed by atoms with Crippen LogP contribution in [0.3, 0.4) is 0 Å². The van der Waals surface area contributed by atoms with E-state index in [2.05, 4.69) is 11.6 Å². The summed E-state index contributed by atoms with van der Waals surface area (Å²) < 4.78 is 27.2. The van der Waals surface area contributed by atoms with Gasteiger partial charge in [0.25, 0.3) is 0 Å². The Morgan fingerprint density at radius 2 is 1.71 bits per heavy atom. The molecule has 0 spiro atoms. The first kappa shape index (κ1) is 19.2. The average molecular weight is 360 g/mol. The molecule has 2 rings (SSSR count). The third kappa shape index (κ3) is 5.44. The van der Waals surface area contributed by atoms with Crippen LogP contribution >= 0.6 is 0 Å². The molecule has 138 valence electrons. The summed E-state index contributed by atoms with van der Waals surface area (Å²) >= 11 is 0. The molecule has 2 aliphatic rings. The molecule has 2 atom stereocenters. The first-order chi connectivity index (χ1) is 11.2. The minimum Gasteiger partial charge on any atom is -0.481 e. The van der Waals surface area contributed by atoms with E-state index in [-0.39, 0.29) is 18.5 Å². The number of likely N-dealkylation sites (tertiary alicyclic amines) is 1. The van der Waals surface area contributed by atoms with E-state index in [1.54, 1.807) is 0 Å². The molecule has 0 aromatic heterocycles. The average Bonchev–Trinajstić information content (AvgIpc) is 2.48. The zero-order valence-electron chi connectivity index (χ0n) is 14.4. The van der Waals surface area contributed by atoms with Gasteiger partial charge in [0.2, 0.25) is 15.9 Å². The second-order valence-electron chi connectivity index (χ2n) is 7.51. The predicted octanol–water partition coefficient (Wildman–Crippen LogP) is 1.05. The second kappa shape index (κ2) is 7.82. The number of hydrogen-bond acceptors (Lipinski definition) is 4. The number of nitrogens with zero attached hydrogens (tertiary/aromatic N) is 1. The second-order valence-corrected chi connectivity index (χ2v) is 9.26. The van der Waals surface area contributed by atoms with Gasteiger partial charge < -0.3 is 10.0 Å². The van der Waals surface area contributed by atoms with Gasteiger partial charge in [-0.2, -0.15) is 0 Å². The van der Waals surface area contributed by atoms with Crippen molar-refractivity contribution in [2.45, 2.75) is 52.0 Å². The lowest BCUT2D eigenvalue weighted by atomic mass is 9.88. The molecule has 0 bridgehead atoms. The van der Waals surface area contributed by atoms with Gasteiger partial charge in [0.15, 0.2) is 0 Å². The van der Waals surface area contributed by atoms with Crippen molar-refractivity contribution in [3.63, 3.8) is 0 Å². The molecule has 8 heteroatoms. The van der Waals surface area contributed by atoms with Crippen molar-refractivity contribution < 1.29 is 23.1 Å². The normalized spacial score (nSPS) is 31.7. The number of piperidine rings is 1. The van der Waals surface area contributed by atoms with Crippen molar-refractivity contribution in [1.82, 2.24) is 9.62 Å². The van der Waals surface area contributed by atoms with Crippen LogP contribution in [0.15, 0.2) is 0 Å². The standard InChI is InChI=1S/C16H28N2O5S/c1-11-3-5-14(6-4-11)17-24(22,23)10-15(19)18-8-12(2)7-13(9-18)16(20)21/h11-14,17H,3-10H2,1-2H3,(H,20,21). The Bertz CT molecular complexity index is 569. The molecular weight excluding hydrogens is 332 g/mol. The fraction of sp³-hybridized carbons (Fsp3) is 0.875. The van der Waals surface area contributed by atoms with Crippen LogP contribution in [0.5, 0.6) is 0 Å². The molecule has 1 saturated carbocycles. The number of rotatable bonds is 5. The minimum atomic E-state index is -3.69. The summed E-state index contributed by atoms with van der Waals surface area (Å²) in [6.07, 6.45) is 4.10. The molecule has 0 aromatic rings. The minimum absolute atomic E-state index is 0.0549. The van der Waals surface area contributed by atoms with Crippen molar-refractivity contribution in [1.29, 1.82) is 0 Å². The monoisotopic (exact) mass is 360 g/mol. The quantitative estimate of drug-likeness (QED) is 0.763. The topological polar surface area (TPSA) is 104 Å². The van der Waals surface area contributed by atoms with Gasteiger partial charge in [-0.15, -0.1) is 0 Å². The molecule has 0 radical (unpaired) electrons. The fourth-order valence-corrected chi connectivity index (χ4v) is 5.00. The predicted molar refractivity (Wildman–Crippen MR) is 89.8 cm³/mol. The lowest BCUT2D eigenvalue weighted by Gasteiger charge is -2.34. The van der Waals surface area contributed by atoms with Crippen molar-refractivity contribution in [3.05, 3.63) is 0 Å². The van der Waals surface area contributed by atoms with Crippen molar-refractivity contribution in [3.8, 4) is 0 Å². The zero-order valence-corrected chi connectivity index (χ0v) is 15.2. The first-order valence-corrected chi connectivity index (χ1v) is 10.3. The highest BCUT2D eigenvalue weighted by molar-refractivity contribution is 7.90. The summed E-state index contributed by atoms with van der Waals surface area (Å²) in [4.78, 5) is 24.9. The van der Waals surface area contributed by atoms with E-state index in [0.717, 1.165) is 25.7 Å². The fourth-order valence-electron chi connectivity index (χ4n) is 3.66. The Morgan fingerprint density at radius 1 is 1.08 bits per heavy atom. The van der Waals surface area contributed by atoms with E-state index in [1.165, 1.54) is 4.90 Å². The van der Waals surface area contributed by atoms with Gasteiger partial charge in [0, 0.05) is 19.1 Å². The molecule has 1 amide bonds. The van der Waals surface area contributed by atoms with Gasteiger partial charge in [0.1, 0.15) is 5.75 Å². The van der Waals surface area contributed by atoms with Gasteiger partial charge in [-0.05, 0) is 43.9 Å². The van der Waals surface area contributed by atoms with Gasteiger partial charge in [-0.1, -0.05) is 13.8 Å². The van der Waals surface area contributed by atoms with Gasteiger partial charge >= 0.3 is 5.97 Å². The van der Waals surface area contributed by atoms with E-state index in [1.807, 2.05) is 6.92 Å². The summed E-state index contributed by atoms with van der Waals surface area (Å²) in [5.41, 5.74) is 0. The largest absolute Gasteiger partial charge is 0.481 e. The third-order valence-electron chi connectivity index (χ3n) is 5.04. The van der Waals surface area contributed by atoms with Crippen molar-refractivity contribution in [2.24, 2.45) is 17.8 Å². The highest BCUT2D eigenvalue weighted by Gasteiger charge is 2.34. The number of sulfonamides is 1. The Kier molecular flexibility index (Phi) is 6.25. The molecule has 1 heterocycles. The number of carbonyl (C=O) groups excluding carboxylic acids is 1. The van der Waals surface area contributed by atoms with E-state index in [0.29, 0.717) is 18.9 Å². The number of nitrogens with one attached hydrogen (secondary N) is 1. The Morgan fingerprint density at radius 3 is 2.29 bits per heavy atom. The highest BCUT2D eigenvalue weighted by Crippen LogP contribution is 2.24. The Balaban J connectivity index is 1.91. The molecule has 2 unspecified atom stereocenters. The molecule has 24 heavy (non-hydrogen) atoms. The molecule has 1 aliphatic heterocycles. The molecule has 7 nitrogen and oxygen atoms in total. The van der Waals surface area contributed by atoms with E-state index in [4.69, 9.17) is 5.11 Å². The number of carboxylic acid groups (broad SMARTS) is 1. The maximum atomic E-state index is 12.3. The Hall–Kier alpha value is -1.15. The Labute approximate surface area is 143 Å². The van der Waals surface area contributed by atoms with Gasteiger partial charge in [-0.25, -0.2) is 13.1 Å². The molecule has 2 fully saturated rings. The zero-order chi connectivity index (χ0) is 17.9. The van der Waals surface area contributed by atoms with Crippen LogP contribution in [0.4, 0.5) is 0 Å². The van der Waals surface area contributed by atoms with Crippen LogP contribution in [-0.4, -0.2) is 55.2 Å². The first-order valence-electron chi connectivity index (χ1n) is 8.67. The summed E-state index contributed by atoms with van der Waals surface area (Å²) in [6.45, 7) is 4.55. The number of carbonyl (C=O) groups is 2. The van der Waals surface area contributed by atoms with Crippen LogP contribution in [0.25, 0.3) is 0 Å². The van der Waals surface area contributed by atoms with Gasteiger partial charge in [0.05, 0.1) is 5.92 Å². The van der Waals surface area contributed by atoms with E-state index < -0.39 is 33.6 Å². The van der Waals surface area contributed by atoms with Crippen LogP contribution in [0.1, 0.15) is 46.0 Å². The SMILES string of the molecule is CC1CCC(NS(=O)(=O)CC(=O)N2CC(C)CC(C(=O)O)C2)CC1. The number of hydrogen-bond donors (Lipinski definition) is 2. The lowest BCUT2D eigenvalue weighted by molar-refractivity contribution is -0.146. The van der Waals surface area contributed by atoms with Gasteiger partial charge in [-0.3, -0.25) is 9.59 Å².